The molecule has 2 aromatic carbocycles. The van der Waals surface area contributed by atoms with Crippen LogP contribution in [-0.2, 0) is 10.0 Å². The molecule has 180 valence electrons. The first-order valence-electron chi connectivity index (χ1n) is 11.0. The van der Waals surface area contributed by atoms with Crippen LogP contribution in [0.1, 0.15) is 17.3 Å². The van der Waals surface area contributed by atoms with Gasteiger partial charge >= 0.3 is 0 Å². The van der Waals surface area contributed by atoms with Gasteiger partial charge in [-0.15, -0.1) is 0 Å². The zero-order chi connectivity index (χ0) is 24.3. The highest BCUT2D eigenvalue weighted by molar-refractivity contribution is 7.89. The number of carbonyl (C=O) groups is 1. The summed E-state index contributed by atoms with van der Waals surface area (Å²) < 4.78 is 38.5. The predicted octanol–water partition coefficient (Wildman–Crippen LogP) is 2.66. The Balaban J connectivity index is 1.74. The highest BCUT2D eigenvalue weighted by Crippen LogP contribution is 2.35. The minimum atomic E-state index is -3.29. The zero-order valence-electron chi connectivity index (χ0n) is 19.5. The molecule has 0 radical (unpaired) electrons. The lowest BCUT2D eigenvalue weighted by Gasteiger charge is -2.33. The molecule has 3 aromatic rings. The number of aromatic nitrogens is 2. The lowest BCUT2D eigenvalue weighted by atomic mass is 10.1. The van der Waals surface area contributed by atoms with E-state index in [0.29, 0.717) is 41.4 Å². The molecule has 0 unspecified atom stereocenters. The van der Waals surface area contributed by atoms with E-state index in [-0.39, 0.29) is 24.7 Å². The lowest BCUT2D eigenvalue weighted by Crippen LogP contribution is -2.50. The van der Waals surface area contributed by atoms with E-state index in [0.717, 1.165) is 5.69 Å². The van der Waals surface area contributed by atoms with Gasteiger partial charge in [0.1, 0.15) is 17.2 Å². The minimum Gasteiger partial charge on any atom is -0.497 e. The van der Waals surface area contributed by atoms with Crippen LogP contribution in [0.15, 0.2) is 54.7 Å². The standard InChI is InChI=1S/C24H28N4O5S/c1-4-34(30,31)27-14-12-26(13-15-27)24(29)21-17-28(18-8-6-5-7-9-18)25-23(21)20-16-19(32-2)10-11-22(20)33-3/h5-11,16-17H,4,12-15H2,1-3H3. The number of nitrogens with zero attached hydrogens (tertiary/aromatic N) is 4. The molecular weight excluding hydrogens is 456 g/mol. The molecule has 1 fully saturated rings. The summed E-state index contributed by atoms with van der Waals surface area (Å²) in [7, 11) is -0.149. The number of sulfonamides is 1. The summed E-state index contributed by atoms with van der Waals surface area (Å²) >= 11 is 0. The quantitative estimate of drug-likeness (QED) is 0.512. The number of hydrogen-bond acceptors (Lipinski definition) is 6. The van der Waals surface area contributed by atoms with E-state index in [2.05, 4.69) is 0 Å². The van der Waals surface area contributed by atoms with Crippen molar-refractivity contribution >= 4 is 15.9 Å². The Kier molecular flexibility index (Phi) is 6.90. The number of para-hydroxylation sites is 1. The van der Waals surface area contributed by atoms with E-state index in [1.165, 1.54) is 4.31 Å². The molecule has 1 aliphatic heterocycles. The van der Waals surface area contributed by atoms with Gasteiger partial charge in [-0.2, -0.15) is 9.40 Å². The van der Waals surface area contributed by atoms with Gasteiger partial charge in [0.2, 0.25) is 10.0 Å². The van der Waals surface area contributed by atoms with Crippen molar-refractivity contribution in [3.8, 4) is 28.4 Å². The first-order chi connectivity index (χ1) is 16.4. The average molecular weight is 485 g/mol. The fourth-order valence-electron chi connectivity index (χ4n) is 3.96. The maximum absolute atomic E-state index is 13.7. The van der Waals surface area contributed by atoms with Crippen LogP contribution in [0.2, 0.25) is 0 Å². The summed E-state index contributed by atoms with van der Waals surface area (Å²) in [5.74, 6) is 1.01. The van der Waals surface area contributed by atoms with Gasteiger partial charge in [-0.3, -0.25) is 4.79 Å². The van der Waals surface area contributed by atoms with E-state index in [9.17, 15) is 13.2 Å². The molecule has 1 amide bonds. The molecule has 9 nitrogen and oxygen atoms in total. The van der Waals surface area contributed by atoms with Gasteiger partial charge in [0.15, 0.2) is 0 Å². The molecule has 0 bridgehead atoms. The van der Waals surface area contributed by atoms with E-state index in [1.54, 1.807) is 55.1 Å². The van der Waals surface area contributed by atoms with E-state index in [1.807, 2.05) is 30.3 Å². The van der Waals surface area contributed by atoms with Crippen LogP contribution in [0.25, 0.3) is 16.9 Å². The molecule has 10 heteroatoms. The molecule has 1 saturated heterocycles. The monoisotopic (exact) mass is 484 g/mol. The molecule has 0 saturated carbocycles. The molecule has 0 atom stereocenters. The lowest BCUT2D eigenvalue weighted by molar-refractivity contribution is 0.0698. The Bertz CT molecular complexity index is 1270. The molecule has 4 rings (SSSR count). The van der Waals surface area contributed by atoms with Crippen LogP contribution in [0.3, 0.4) is 0 Å². The molecule has 0 aliphatic carbocycles. The topological polar surface area (TPSA) is 94.0 Å². The largest absolute Gasteiger partial charge is 0.497 e. The zero-order valence-corrected chi connectivity index (χ0v) is 20.3. The van der Waals surface area contributed by atoms with Crippen LogP contribution < -0.4 is 9.47 Å². The number of amides is 1. The van der Waals surface area contributed by atoms with Crippen LogP contribution >= 0.6 is 0 Å². The molecule has 0 spiro atoms. The van der Waals surface area contributed by atoms with Crippen molar-refractivity contribution in [2.24, 2.45) is 0 Å². The fraction of sp³-hybridized carbons (Fsp3) is 0.333. The first-order valence-corrected chi connectivity index (χ1v) is 12.6. The second-order valence-electron chi connectivity index (χ2n) is 7.83. The third-order valence-corrected chi connectivity index (χ3v) is 7.79. The van der Waals surface area contributed by atoms with E-state index < -0.39 is 10.0 Å². The van der Waals surface area contributed by atoms with Gasteiger partial charge in [0.05, 0.1) is 31.2 Å². The van der Waals surface area contributed by atoms with Gasteiger partial charge in [0.25, 0.3) is 5.91 Å². The normalized spacial score (nSPS) is 14.7. The highest BCUT2D eigenvalue weighted by Gasteiger charge is 2.31. The number of rotatable bonds is 7. The van der Waals surface area contributed by atoms with Crippen LogP contribution in [0, 0.1) is 0 Å². The predicted molar refractivity (Wildman–Crippen MR) is 129 cm³/mol. The number of ether oxygens (including phenoxy) is 2. The van der Waals surface area contributed by atoms with Crippen LogP contribution in [0.4, 0.5) is 0 Å². The van der Waals surface area contributed by atoms with Crippen molar-refractivity contribution in [3.63, 3.8) is 0 Å². The van der Waals surface area contributed by atoms with Crippen molar-refractivity contribution in [2.45, 2.75) is 6.92 Å². The molecule has 0 N–H and O–H groups in total. The van der Waals surface area contributed by atoms with Crippen LogP contribution in [0.5, 0.6) is 11.5 Å². The summed E-state index contributed by atoms with van der Waals surface area (Å²) in [6.07, 6.45) is 1.71. The maximum atomic E-state index is 13.7. The van der Waals surface area contributed by atoms with Crippen molar-refractivity contribution < 1.29 is 22.7 Å². The number of methoxy groups -OCH3 is 2. The summed E-state index contributed by atoms with van der Waals surface area (Å²) in [6.45, 7) is 2.78. The van der Waals surface area contributed by atoms with E-state index >= 15 is 0 Å². The second kappa shape index (κ2) is 9.86. The smallest absolute Gasteiger partial charge is 0.257 e. The number of piperazine rings is 1. The highest BCUT2D eigenvalue weighted by atomic mass is 32.2. The van der Waals surface area contributed by atoms with Gasteiger partial charge in [-0.05, 0) is 37.3 Å². The molecule has 34 heavy (non-hydrogen) atoms. The average Bonchev–Trinajstić information content (AvgIpc) is 3.33. The van der Waals surface area contributed by atoms with Crippen LogP contribution in [-0.4, -0.2) is 79.5 Å². The van der Waals surface area contributed by atoms with Crippen molar-refractivity contribution in [1.82, 2.24) is 19.0 Å². The Morgan fingerprint density at radius 1 is 1.00 bits per heavy atom. The first kappa shape index (κ1) is 23.8. The van der Waals surface area contributed by atoms with Crippen molar-refractivity contribution in [2.75, 3.05) is 46.2 Å². The Morgan fingerprint density at radius 3 is 2.32 bits per heavy atom. The third kappa shape index (κ3) is 4.64. The number of hydrogen-bond donors (Lipinski definition) is 0. The summed E-state index contributed by atoms with van der Waals surface area (Å²) in [5, 5.41) is 4.75. The second-order valence-corrected chi connectivity index (χ2v) is 10.1. The Morgan fingerprint density at radius 2 is 1.71 bits per heavy atom. The maximum Gasteiger partial charge on any atom is 0.257 e. The Labute approximate surface area is 199 Å². The van der Waals surface area contributed by atoms with Gasteiger partial charge in [-0.25, -0.2) is 13.1 Å². The van der Waals surface area contributed by atoms with E-state index in [4.69, 9.17) is 14.6 Å². The number of carbonyl (C=O) groups excluding carboxylic acids is 1. The minimum absolute atomic E-state index is 0.0462. The summed E-state index contributed by atoms with van der Waals surface area (Å²) in [6, 6.07) is 14.9. The molecule has 2 heterocycles. The molecule has 1 aliphatic rings. The van der Waals surface area contributed by atoms with Crippen molar-refractivity contribution in [3.05, 3.63) is 60.3 Å². The fourth-order valence-corrected chi connectivity index (χ4v) is 5.05. The summed E-state index contributed by atoms with van der Waals surface area (Å²) in [5.41, 5.74) is 2.31. The Hall–Kier alpha value is -3.37. The summed E-state index contributed by atoms with van der Waals surface area (Å²) in [4.78, 5) is 15.3. The molecular formula is C24H28N4O5S. The van der Waals surface area contributed by atoms with Gasteiger partial charge < -0.3 is 14.4 Å². The third-order valence-electron chi connectivity index (χ3n) is 5.91. The van der Waals surface area contributed by atoms with Gasteiger partial charge in [0, 0.05) is 37.9 Å². The molecule has 1 aromatic heterocycles. The number of benzene rings is 2. The van der Waals surface area contributed by atoms with Gasteiger partial charge in [-0.1, -0.05) is 18.2 Å². The van der Waals surface area contributed by atoms with Crippen molar-refractivity contribution in [1.29, 1.82) is 0 Å². The SMILES string of the molecule is CCS(=O)(=O)N1CCN(C(=O)c2cn(-c3ccccc3)nc2-c2cc(OC)ccc2OC)CC1.